The van der Waals surface area contributed by atoms with Gasteiger partial charge in [0.2, 0.25) is 0 Å². The van der Waals surface area contributed by atoms with Crippen molar-refractivity contribution in [2.75, 3.05) is 0 Å². The lowest BCUT2D eigenvalue weighted by Gasteiger charge is -2.10. The molecule has 0 radical (unpaired) electrons. The summed E-state index contributed by atoms with van der Waals surface area (Å²) in [5.41, 5.74) is 6.69. The zero-order valence-corrected chi connectivity index (χ0v) is 24.3. The highest BCUT2D eigenvalue weighted by Crippen LogP contribution is 2.43. The van der Waals surface area contributed by atoms with Crippen molar-refractivity contribution in [3.05, 3.63) is 140 Å². The molecule has 0 fully saturated rings. The van der Waals surface area contributed by atoms with Crippen LogP contribution in [-0.4, -0.2) is 15.0 Å². The molecule has 0 saturated heterocycles. The second kappa shape index (κ2) is 9.97. The summed E-state index contributed by atoms with van der Waals surface area (Å²) in [4.78, 5) is 15.0. The Hall–Kier alpha value is -5.65. The van der Waals surface area contributed by atoms with Crippen LogP contribution in [0.15, 0.2) is 144 Å². The minimum atomic E-state index is 0.611. The van der Waals surface area contributed by atoms with E-state index in [4.69, 9.17) is 19.4 Å². The van der Waals surface area contributed by atoms with Gasteiger partial charge in [0.25, 0.3) is 0 Å². The van der Waals surface area contributed by atoms with Crippen molar-refractivity contribution < 1.29 is 4.42 Å². The fraction of sp³-hybridized carbons (Fsp3) is 0. The molecule has 3 aromatic heterocycles. The number of fused-ring (bicyclic) bond motifs is 6. The lowest BCUT2D eigenvalue weighted by molar-refractivity contribution is 0.669. The monoisotopic (exact) mass is 581 g/mol. The van der Waals surface area contributed by atoms with Crippen molar-refractivity contribution in [1.29, 1.82) is 0 Å². The third kappa shape index (κ3) is 4.02. The average Bonchev–Trinajstić information content (AvgIpc) is 3.67. The van der Waals surface area contributed by atoms with E-state index >= 15 is 0 Å². The van der Waals surface area contributed by atoms with Crippen LogP contribution >= 0.6 is 11.3 Å². The number of hydrogen-bond acceptors (Lipinski definition) is 5. The second-order valence-electron chi connectivity index (χ2n) is 10.8. The van der Waals surface area contributed by atoms with E-state index in [0.717, 1.165) is 49.8 Å². The molecule has 3 heterocycles. The summed E-state index contributed by atoms with van der Waals surface area (Å²) in [5, 5.41) is 4.61. The van der Waals surface area contributed by atoms with E-state index in [9.17, 15) is 0 Å². The Bertz CT molecular complexity index is 2440. The molecule has 6 aromatic carbocycles. The molecule has 0 atom stereocenters. The number of hydrogen-bond donors (Lipinski definition) is 0. The molecule has 0 amide bonds. The largest absolute Gasteiger partial charge is 0.456 e. The van der Waals surface area contributed by atoms with Gasteiger partial charge in [-0.25, -0.2) is 15.0 Å². The van der Waals surface area contributed by atoms with Gasteiger partial charge in [-0.1, -0.05) is 109 Å². The number of thiophene rings is 1. The molecule has 0 spiro atoms. The topological polar surface area (TPSA) is 51.8 Å². The quantitative estimate of drug-likeness (QED) is 0.207. The maximum Gasteiger partial charge on any atom is 0.164 e. The van der Waals surface area contributed by atoms with Crippen molar-refractivity contribution in [1.82, 2.24) is 15.0 Å². The minimum absolute atomic E-state index is 0.611. The zero-order chi connectivity index (χ0) is 29.0. The smallest absolute Gasteiger partial charge is 0.164 e. The molecule has 206 valence electrons. The van der Waals surface area contributed by atoms with Crippen LogP contribution in [0, 0.1) is 0 Å². The van der Waals surface area contributed by atoms with Crippen molar-refractivity contribution in [2.45, 2.75) is 0 Å². The summed E-state index contributed by atoms with van der Waals surface area (Å²) in [7, 11) is 0. The Morgan fingerprint density at radius 2 is 0.977 bits per heavy atom. The molecule has 4 nitrogen and oxygen atoms in total. The molecular formula is C39H23N3OS. The van der Waals surface area contributed by atoms with Crippen LogP contribution in [0.25, 0.3) is 87.4 Å². The van der Waals surface area contributed by atoms with Crippen LogP contribution in [0.1, 0.15) is 0 Å². The average molecular weight is 582 g/mol. The highest BCUT2D eigenvalue weighted by atomic mass is 32.1. The first kappa shape index (κ1) is 24.9. The van der Waals surface area contributed by atoms with Gasteiger partial charge in [0.1, 0.15) is 11.2 Å². The van der Waals surface area contributed by atoms with Crippen LogP contribution in [0.5, 0.6) is 0 Å². The van der Waals surface area contributed by atoms with Crippen LogP contribution in [-0.2, 0) is 0 Å². The van der Waals surface area contributed by atoms with E-state index in [1.165, 1.54) is 20.2 Å². The van der Waals surface area contributed by atoms with E-state index in [2.05, 4.69) is 60.7 Å². The normalized spacial score (nSPS) is 11.6. The van der Waals surface area contributed by atoms with Gasteiger partial charge in [-0.3, -0.25) is 0 Å². The first-order chi connectivity index (χ1) is 21.8. The number of nitrogens with zero attached hydrogens (tertiary/aromatic N) is 3. The molecule has 0 N–H and O–H groups in total. The summed E-state index contributed by atoms with van der Waals surface area (Å²) in [6, 6.07) is 47.9. The van der Waals surface area contributed by atoms with Gasteiger partial charge in [0.15, 0.2) is 17.5 Å². The number of benzene rings is 6. The van der Waals surface area contributed by atoms with Crippen LogP contribution in [0.4, 0.5) is 0 Å². The van der Waals surface area contributed by atoms with Gasteiger partial charge in [-0.05, 0) is 41.5 Å². The highest BCUT2D eigenvalue weighted by Gasteiger charge is 2.20. The standard InChI is InChI=1S/C39H23N3OS/c1-3-11-24(12-4-1)37-40-38(25-13-5-2-6-14-25)42-39(41-37)29-17-10-19-32-36(29)35-27(16-9-18-31(35)43-32)26-21-22-34-30(23-26)28-15-7-8-20-33(28)44-34/h1-23H. The number of rotatable bonds is 4. The maximum absolute atomic E-state index is 6.48. The first-order valence-corrected chi connectivity index (χ1v) is 15.3. The van der Waals surface area contributed by atoms with Crippen LogP contribution < -0.4 is 0 Å². The molecule has 0 aliphatic heterocycles. The summed E-state index contributed by atoms with van der Waals surface area (Å²) < 4.78 is 9.06. The molecule has 0 saturated carbocycles. The van der Waals surface area contributed by atoms with Crippen LogP contribution in [0.2, 0.25) is 0 Å². The maximum atomic E-state index is 6.48. The molecule has 0 bridgehead atoms. The first-order valence-electron chi connectivity index (χ1n) is 14.5. The highest BCUT2D eigenvalue weighted by molar-refractivity contribution is 7.25. The minimum Gasteiger partial charge on any atom is -0.456 e. The zero-order valence-electron chi connectivity index (χ0n) is 23.4. The second-order valence-corrected chi connectivity index (χ2v) is 11.9. The molecule has 9 aromatic rings. The van der Waals surface area contributed by atoms with Gasteiger partial charge in [-0.15, -0.1) is 11.3 Å². The molecular weight excluding hydrogens is 559 g/mol. The Morgan fingerprint density at radius 1 is 0.409 bits per heavy atom. The molecule has 0 aliphatic rings. The number of furan rings is 1. The molecule has 5 heteroatoms. The van der Waals surface area contributed by atoms with Crippen LogP contribution in [0.3, 0.4) is 0 Å². The fourth-order valence-electron chi connectivity index (χ4n) is 6.12. The number of aromatic nitrogens is 3. The molecule has 0 unspecified atom stereocenters. The Balaban J connectivity index is 1.31. The van der Waals surface area contributed by atoms with E-state index in [1.54, 1.807) is 0 Å². The summed E-state index contributed by atoms with van der Waals surface area (Å²) >= 11 is 1.83. The molecule has 9 rings (SSSR count). The lowest BCUT2D eigenvalue weighted by Crippen LogP contribution is -2.00. The van der Waals surface area contributed by atoms with E-state index in [-0.39, 0.29) is 0 Å². The van der Waals surface area contributed by atoms with Crippen molar-refractivity contribution in [3.8, 4) is 45.3 Å². The van der Waals surface area contributed by atoms with Gasteiger partial charge >= 0.3 is 0 Å². The Labute approximate surface area is 256 Å². The van der Waals surface area contributed by atoms with Gasteiger partial charge in [-0.2, -0.15) is 0 Å². The third-order valence-corrected chi connectivity index (χ3v) is 9.30. The van der Waals surface area contributed by atoms with Crippen molar-refractivity contribution >= 4 is 53.4 Å². The van der Waals surface area contributed by atoms with Gasteiger partial charge in [0.05, 0.1) is 0 Å². The summed E-state index contributed by atoms with van der Waals surface area (Å²) in [6.07, 6.45) is 0. The van der Waals surface area contributed by atoms with Crippen molar-refractivity contribution in [3.63, 3.8) is 0 Å². The Kier molecular flexibility index (Phi) is 5.64. The predicted octanol–water partition coefficient (Wildman–Crippen LogP) is 10.8. The Morgan fingerprint density at radius 3 is 1.68 bits per heavy atom. The van der Waals surface area contributed by atoms with Gasteiger partial charge in [0, 0.05) is 47.6 Å². The summed E-state index contributed by atoms with van der Waals surface area (Å²) in [6.45, 7) is 0. The summed E-state index contributed by atoms with van der Waals surface area (Å²) in [5.74, 6) is 1.88. The van der Waals surface area contributed by atoms with E-state index in [1.807, 2.05) is 90.2 Å². The van der Waals surface area contributed by atoms with Gasteiger partial charge < -0.3 is 4.42 Å². The van der Waals surface area contributed by atoms with E-state index < -0.39 is 0 Å². The lowest BCUT2D eigenvalue weighted by atomic mass is 9.96. The molecule has 0 aliphatic carbocycles. The van der Waals surface area contributed by atoms with E-state index in [0.29, 0.717) is 17.5 Å². The fourth-order valence-corrected chi connectivity index (χ4v) is 7.20. The van der Waals surface area contributed by atoms with Crippen molar-refractivity contribution in [2.24, 2.45) is 0 Å². The molecule has 44 heavy (non-hydrogen) atoms. The SMILES string of the molecule is c1ccc(-c2nc(-c3ccccc3)nc(-c3cccc4oc5cccc(-c6ccc7sc8ccccc8c7c6)c5c34)n2)cc1. The third-order valence-electron chi connectivity index (χ3n) is 8.15. The predicted molar refractivity (Wildman–Crippen MR) is 182 cm³/mol.